The van der Waals surface area contributed by atoms with E-state index in [0.717, 1.165) is 23.1 Å². The van der Waals surface area contributed by atoms with Crippen molar-refractivity contribution in [1.82, 2.24) is 9.29 Å². The van der Waals surface area contributed by atoms with Crippen LogP contribution in [-0.2, 0) is 10.2 Å². The van der Waals surface area contributed by atoms with Crippen molar-refractivity contribution in [3.8, 4) is 0 Å². The second kappa shape index (κ2) is 5.43. The molecule has 1 unspecified atom stereocenters. The van der Waals surface area contributed by atoms with Crippen LogP contribution >= 0.6 is 11.3 Å². The minimum atomic E-state index is -3.53. The summed E-state index contributed by atoms with van der Waals surface area (Å²) >= 11 is 1.30. The number of hydrogen-bond acceptors (Lipinski definition) is 5. The lowest BCUT2D eigenvalue weighted by molar-refractivity contribution is 0.282. The van der Waals surface area contributed by atoms with Gasteiger partial charge >= 0.3 is 10.2 Å². The summed E-state index contributed by atoms with van der Waals surface area (Å²) in [6.07, 6.45) is 1.98. The number of anilines is 2. The van der Waals surface area contributed by atoms with Crippen molar-refractivity contribution < 1.29 is 8.42 Å². The molecule has 2 aromatic rings. The van der Waals surface area contributed by atoms with Crippen LogP contribution in [0.3, 0.4) is 0 Å². The van der Waals surface area contributed by atoms with Gasteiger partial charge in [-0.3, -0.25) is 0 Å². The molecule has 114 valence electrons. The Morgan fingerprint density at radius 2 is 2.29 bits per heavy atom. The average Bonchev–Trinajstić information content (AvgIpc) is 2.79. The highest BCUT2D eigenvalue weighted by atomic mass is 32.2. The molecule has 1 saturated heterocycles. The number of thiazole rings is 1. The zero-order chi connectivity index (χ0) is 15.0. The van der Waals surface area contributed by atoms with Gasteiger partial charge in [-0.25, -0.2) is 9.71 Å². The molecule has 0 radical (unpaired) electrons. The van der Waals surface area contributed by atoms with Crippen molar-refractivity contribution >= 4 is 42.6 Å². The Morgan fingerprint density at radius 3 is 3.05 bits per heavy atom. The molecule has 0 spiro atoms. The Hall–Kier alpha value is -1.38. The molecule has 0 saturated carbocycles. The first kappa shape index (κ1) is 14.6. The lowest BCUT2D eigenvalue weighted by Crippen LogP contribution is -2.42. The molecule has 6 nitrogen and oxygen atoms in total. The zero-order valence-electron chi connectivity index (χ0n) is 11.7. The second-order valence-corrected chi connectivity index (χ2v) is 8.16. The molecule has 1 atom stereocenters. The smallest absolute Gasteiger partial charge is 0.303 e. The summed E-state index contributed by atoms with van der Waals surface area (Å²) in [4.78, 5) is 4.30. The number of hydrogen-bond donors (Lipinski definition) is 2. The third-order valence-corrected chi connectivity index (χ3v) is 6.11. The van der Waals surface area contributed by atoms with Gasteiger partial charge in [0.1, 0.15) is 0 Å². The first-order valence-corrected chi connectivity index (χ1v) is 9.14. The molecule has 21 heavy (non-hydrogen) atoms. The molecule has 1 aromatic heterocycles. The Balaban J connectivity index is 1.83. The average molecular weight is 326 g/mol. The van der Waals surface area contributed by atoms with E-state index >= 15 is 0 Å². The van der Waals surface area contributed by atoms with E-state index in [0.29, 0.717) is 29.8 Å². The van der Waals surface area contributed by atoms with Gasteiger partial charge in [-0.1, -0.05) is 18.3 Å². The largest absolute Gasteiger partial charge is 0.399 e. The van der Waals surface area contributed by atoms with Gasteiger partial charge in [0.25, 0.3) is 0 Å². The molecule has 0 amide bonds. The Morgan fingerprint density at radius 1 is 1.48 bits per heavy atom. The van der Waals surface area contributed by atoms with E-state index in [2.05, 4.69) is 16.6 Å². The summed E-state index contributed by atoms with van der Waals surface area (Å²) in [5.41, 5.74) is 7.12. The molecule has 0 bridgehead atoms. The number of benzene rings is 1. The zero-order valence-corrected chi connectivity index (χ0v) is 13.4. The molecular formula is C13H18N4O2S2. The number of fused-ring (bicyclic) bond motifs is 1. The molecular weight excluding hydrogens is 308 g/mol. The van der Waals surface area contributed by atoms with E-state index in [1.165, 1.54) is 15.6 Å². The summed E-state index contributed by atoms with van der Waals surface area (Å²) in [7, 11) is -3.53. The Labute approximate surface area is 128 Å². The van der Waals surface area contributed by atoms with Crippen LogP contribution < -0.4 is 10.5 Å². The van der Waals surface area contributed by atoms with Crippen LogP contribution in [0.4, 0.5) is 10.8 Å². The van der Waals surface area contributed by atoms with Gasteiger partial charge in [0, 0.05) is 18.8 Å². The van der Waals surface area contributed by atoms with Crippen molar-refractivity contribution in [1.29, 1.82) is 0 Å². The monoisotopic (exact) mass is 326 g/mol. The van der Waals surface area contributed by atoms with Crippen LogP contribution in [0.2, 0.25) is 0 Å². The third-order valence-electron chi connectivity index (χ3n) is 3.59. The number of piperidine rings is 1. The van der Waals surface area contributed by atoms with Crippen LogP contribution in [-0.4, -0.2) is 30.8 Å². The number of nitrogen functional groups attached to an aromatic ring is 1. The van der Waals surface area contributed by atoms with Crippen molar-refractivity contribution in [3.05, 3.63) is 18.2 Å². The first-order valence-electron chi connectivity index (χ1n) is 6.88. The summed E-state index contributed by atoms with van der Waals surface area (Å²) in [6, 6.07) is 5.35. The molecule has 2 heterocycles. The summed E-state index contributed by atoms with van der Waals surface area (Å²) < 4.78 is 29.8. The fraction of sp³-hybridized carbons (Fsp3) is 0.462. The topological polar surface area (TPSA) is 88.3 Å². The van der Waals surface area contributed by atoms with Crippen molar-refractivity contribution in [3.63, 3.8) is 0 Å². The number of rotatable bonds is 3. The van der Waals surface area contributed by atoms with Gasteiger partial charge in [0.15, 0.2) is 5.13 Å². The number of nitrogens with two attached hydrogens (primary N) is 1. The minimum absolute atomic E-state index is 0.383. The van der Waals surface area contributed by atoms with Gasteiger partial charge in [-0.15, -0.1) is 0 Å². The van der Waals surface area contributed by atoms with E-state index < -0.39 is 10.2 Å². The highest BCUT2D eigenvalue weighted by molar-refractivity contribution is 7.90. The Bertz CT molecular complexity index is 757. The molecule has 3 rings (SSSR count). The first-order chi connectivity index (χ1) is 9.94. The van der Waals surface area contributed by atoms with E-state index in [1.807, 2.05) is 0 Å². The number of nitrogens with zero attached hydrogens (tertiary/aromatic N) is 2. The van der Waals surface area contributed by atoms with Gasteiger partial charge in [-0.05, 0) is 37.0 Å². The lowest BCUT2D eigenvalue weighted by atomic mass is 10.0. The summed E-state index contributed by atoms with van der Waals surface area (Å²) in [6.45, 7) is 3.20. The third kappa shape index (κ3) is 3.12. The van der Waals surface area contributed by atoms with E-state index in [4.69, 9.17) is 5.73 Å². The van der Waals surface area contributed by atoms with Gasteiger partial charge < -0.3 is 5.73 Å². The van der Waals surface area contributed by atoms with Gasteiger partial charge in [0.2, 0.25) is 0 Å². The molecule has 1 aliphatic heterocycles. The van der Waals surface area contributed by atoms with Crippen molar-refractivity contribution in [2.75, 3.05) is 23.5 Å². The quantitative estimate of drug-likeness (QED) is 0.847. The molecule has 0 aliphatic carbocycles. The highest BCUT2D eigenvalue weighted by Gasteiger charge is 2.27. The van der Waals surface area contributed by atoms with Gasteiger partial charge in [0.05, 0.1) is 10.2 Å². The number of nitrogens with one attached hydrogen (secondary N) is 1. The molecule has 8 heteroatoms. The SMILES string of the molecule is CC1CCCN(S(=O)(=O)Nc2nc3ccc(N)cc3s2)C1. The summed E-state index contributed by atoms with van der Waals surface area (Å²) in [5, 5.41) is 0.383. The fourth-order valence-electron chi connectivity index (χ4n) is 2.52. The van der Waals surface area contributed by atoms with Crippen LogP contribution in [0.25, 0.3) is 10.2 Å². The lowest BCUT2D eigenvalue weighted by Gasteiger charge is -2.29. The molecule has 1 aliphatic rings. The van der Waals surface area contributed by atoms with E-state index in [9.17, 15) is 8.42 Å². The van der Waals surface area contributed by atoms with Crippen molar-refractivity contribution in [2.45, 2.75) is 19.8 Å². The van der Waals surface area contributed by atoms with Crippen molar-refractivity contribution in [2.24, 2.45) is 5.92 Å². The van der Waals surface area contributed by atoms with E-state index in [1.54, 1.807) is 18.2 Å². The predicted molar refractivity (Wildman–Crippen MR) is 86.5 cm³/mol. The molecule has 1 aromatic carbocycles. The summed E-state index contributed by atoms with van der Waals surface area (Å²) in [5.74, 6) is 0.394. The van der Waals surface area contributed by atoms with Crippen LogP contribution in [0.1, 0.15) is 19.8 Å². The van der Waals surface area contributed by atoms with Crippen LogP contribution in [0.5, 0.6) is 0 Å². The highest BCUT2D eigenvalue weighted by Crippen LogP contribution is 2.29. The molecule has 1 fully saturated rings. The maximum absolute atomic E-state index is 12.4. The minimum Gasteiger partial charge on any atom is -0.399 e. The van der Waals surface area contributed by atoms with Crippen LogP contribution in [0.15, 0.2) is 18.2 Å². The maximum Gasteiger partial charge on any atom is 0.303 e. The standard InChI is InChI=1S/C13H18N4O2S2/c1-9-3-2-6-17(8-9)21(18,19)16-13-15-11-5-4-10(14)7-12(11)20-13/h4-5,7,9H,2-3,6,8,14H2,1H3,(H,15,16). The predicted octanol–water partition coefficient (Wildman–Crippen LogP) is 2.27. The normalized spacial score (nSPS) is 20.7. The Kier molecular flexibility index (Phi) is 3.76. The van der Waals surface area contributed by atoms with E-state index in [-0.39, 0.29) is 0 Å². The van der Waals surface area contributed by atoms with Crippen LogP contribution in [0, 0.1) is 5.92 Å². The fourth-order valence-corrected chi connectivity index (χ4v) is 4.99. The number of aromatic nitrogens is 1. The second-order valence-electron chi connectivity index (χ2n) is 5.46. The van der Waals surface area contributed by atoms with Gasteiger partial charge in [-0.2, -0.15) is 12.7 Å². The molecule has 3 N–H and O–H groups in total. The maximum atomic E-state index is 12.4.